The van der Waals surface area contributed by atoms with Crippen molar-refractivity contribution in [3.05, 3.63) is 64.7 Å². The molecule has 3 rings (SSSR count). The van der Waals surface area contributed by atoms with Gasteiger partial charge < -0.3 is 19.7 Å². The predicted molar refractivity (Wildman–Crippen MR) is 147 cm³/mol. The fourth-order valence-corrected chi connectivity index (χ4v) is 4.98. The molecule has 0 aliphatic carbocycles. The Balaban J connectivity index is 1.43. The summed E-state index contributed by atoms with van der Waals surface area (Å²) >= 11 is 6.95. The minimum Gasteiger partial charge on any atom is -0.469 e. The maximum atomic E-state index is 13.0. The van der Waals surface area contributed by atoms with Crippen molar-refractivity contribution in [3.8, 4) is 0 Å². The molecule has 2 aromatic carbocycles. The molecule has 2 amide bonds. The van der Waals surface area contributed by atoms with Gasteiger partial charge in [0, 0.05) is 49.0 Å². The van der Waals surface area contributed by atoms with Crippen LogP contribution >= 0.6 is 23.4 Å². The third-order valence-corrected chi connectivity index (χ3v) is 7.61. The van der Waals surface area contributed by atoms with E-state index in [2.05, 4.69) is 15.0 Å². The van der Waals surface area contributed by atoms with Crippen LogP contribution in [-0.2, 0) is 30.3 Å². The van der Waals surface area contributed by atoms with Gasteiger partial charge in [0.2, 0.25) is 5.91 Å². The highest BCUT2D eigenvalue weighted by molar-refractivity contribution is 8.01. The zero-order valence-electron chi connectivity index (χ0n) is 21.5. The molecule has 0 spiro atoms. The van der Waals surface area contributed by atoms with Crippen LogP contribution in [0.25, 0.3) is 0 Å². The number of nitrogens with one attached hydrogen (secondary N) is 1. The van der Waals surface area contributed by atoms with Crippen molar-refractivity contribution in [2.75, 3.05) is 58.0 Å². The van der Waals surface area contributed by atoms with Gasteiger partial charge in [0.1, 0.15) is 5.25 Å². The Hall–Kier alpha value is -3.08. The van der Waals surface area contributed by atoms with Crippen molar-refractivity contribution >= 4 is 52.8 Å². The van der Waals surface area contributed by atoms with Crippen LogP contribution < -0.4 is 5.32 Å². The van der Waals surface area contributed by atoms with Crippen LogP contribution in [0.4, 0.5) is 5.69 Å². The Kier molecular flexibility index (Phi) is 11.4. The zero-order valence-corrected chi connectivity index (χ0v) is 23.1. The molecule has 1 atom stereocenters. The fraction of sp³-hybridized carbons (Fsp3) is 0.407. The smallest absolute Gasteiger partial charge is 0.319 e. The van der Waals surface area contributed by atoms with Crippen LogP contribution in [0.2, 0.25) is 5.02 Å². The van der Waals surface area contributed by atoms with Crippen molar-refractivity contribution in [1.29, 1.82) is 0 Å². The molecule has 2 aromatic rings. The van der Waals surface area contributed by atoms with Crippen LogP contribution in [0.15, 0.2) is 48.5 Å². The van der Waals surface area contributed by atoms with Gasteiger partial charge in [0.25, 0.3) is 5.91 Å². The van der Waals surface area contributed by atoms with Gasteiger partial charge in [0.15, 0.2) is 0 Å². The summed E-state index contributed by atoms with van der Waals surface area (Å²) in [6.07, 6.45) is 0.750. The van der Waals surface area contributed by atoms with Crippen molar-refractivity contribution in [2.45, 2.75) is 18.1 Å². The molecule has 1 saturated heterocycles. The number of ether oxygens (including phenoxy) is 2. The van der Waals surface area contributed by atoms with E-state index in [1.165, 1.54) is 19.8 Å². The second-order valence-corrected chi connectivity index (χ2v) is 10.4. The van der Waals surface area contributed by atoms with Crippen molar-refractivity contribution in [2.24, 2.45) is 0 Å². The van der Waals surface area contributed by atoms with Crippen LogP contribution in [0, 0.1) is 0 Å². The Morgan fingerprint density at radius 1 is 0.947 bits per heavy atom. The Bertz CT molecular complexity index is 1100. The monoisotopic (exact) mass is 561 g/mol. The first kappa shape index (κ1) is 29.5. The molecule has 0 bridgehead atoms. The predicted octanol–water partition coefficient (Wildman–Crippen LogP) is 3.12. The molecule has 1 fully saturated rings. The minimum atomic E-state index is -0.837. The van der Waals surface area contributed by atoms with Crippen LogP contribution in [0.5, 0.6) is 0 Å². The summed E-state index contributed by atoms with van der Waals surface area (Å²) in [6, 6.07) is 14.6. The second-order valence-electron chi connectivity index (χ2n) is 8.74. The van der Waals surface area contributed by atoms with Gasteiger partial charge in [0.05, 0.1) is 26.4 Å². The Labute approximate surface area is 231 Å². The summed E-state index contributed by atoms with van der Waals surface area (Å²) in [6.45, 7) is 3.87. The average Bonchev–Trinajstić information content (AvgIpc) is 2.94. The number of benzene rings is 2. The van der Waals surface area contributed by atoms with E-state index in [4.69, 9.17) is 16.3 Å². The normalized spacial score (nSPS) is 14.4. The third-order valence-electron chi connectivity index (χ3n) is 6.16. The standard InChI is InChI=1S/C27H32ClN3O6S/c1-36-25(33)17-23(27(35)37-2)38-18-24(32)29-22-9-5-20(6-10-22)26(34)31-15-13-30(14-16-31)12-11-19-3-7-21(28)8-4-19/h3-10,23H,11-18H2,1-2H3,(H,29,32). The first-order chi connectivity index (χ1) is 18.3. The summed E-state index contributed by atoms with van der Waals surface area (Å²) in [5.41, 5.74) is 2.32. The van der Waals surface area contributed by atoms with Gasteiger partial charge in [-0.05, 0) is 48.4 Å². The topological polar surface area (TPSA) is 105 Å². The molecule has 0 radical (unpaired) electrons. The molecule has 1 heterocycles. The molecule has 0 saturated carbocycles. The Morgan fingerprint density at radius 3 is 2.21 bits per heavy atom. The average molecular weight is 562 g/mol. The molecule has 1 aliphatic rings. The van der Waals surface area contributed by atoms with Crippen molar-refractivity contribution < 1.29 is 28.7 Å². The summed E-state index contributed by atoms with van der Waals surface area (Å²) in [4.78, 5) is 52.9. The van der Waals surface area contributed by atoms with Crippen molar-refractivity contribution in [1.82, 2.24) is 9.80 Å². The number of hydrogen-bond acceptors (Lipinski definition) is 8. The molecular formula is C27H32ClN3O6S. The number of piperazine rings is 1. The second kappa shape index (κ2) is 14.8. The molecule has 38 heavy (non-hydrogen) atoms. The molecule has 1 unspecified atom stereocenters. The number of nitrogens with zero attached hydrogens (tertiary/aromatic N) is 2. The highest BCUT2D eigenvalue weighted by Crippen LogP contribution is 2.19. The first-order valence-corrected chi connectivity index (χ1v) is 13.6. The number of anilines is 1. The highest BCUT2D eigenvalue weighted by atomic mass is 35.5. The van der Waals surface area contributed by atoms with E-state index >= 15 is 0 Å². The van der Waals surface area contributed by atoms with Gasteiger partial charge >= 0.3 is 11.9 Å². The number of methoxy groups -OCH3 is 2. The maximum Gasteiger partial charge on any atom is 0.319 e. The van der Waals surface area contributed by atoms with Gasteiger partial charge in [-0.15, -0.1) is 11.8 Å². The molecule has 9 nitrogen and oxygen atoms in total. The summed E-state index contributed by atoms with van der Waals surface area (Å²) in [5.74, 6) is -1.60. The van der Waals surface area contributed by atoms with E-state index in [0.717, 1.165) is 42.8 Å². The van der Waals surface area contributed by atoms with Gasteiger partial charge in [-0.3, -0.25) is 24.1 Å². The number of amides is 2. The zero-order chi connectivity index (χ0) is 27.5. The van der Waals surface area contributed by atoms with E-state index in [0.29, 0.717) is 24.3 Å². The Morgan fingerprint density at radius 2 is 1.61 bits per heavy atom. The first-order valence-electron chi connectivity index (χ1n) is 12.2. The van der Waals surface area contributed by atoms with Crippen LogP contribution in [0.1, 0.15) is 22.3 Å². The summed E-state index contributed by atoms with van der Waals surface area (Å²) in [5, 5.41) is 2.63. The number of thioether (sulfide) groups is 1. The van der Waals surface area contributed by atoms with E-state index < -0.39 is 17.2 Å². The van der Waals surface area contributed by atoms with Gasteiger partial charge in [-0.2, -0.15) is 0 Å². The lowest BCUT2D eigenvalue weighted by atomic mass is 10.1. The number of carbonyl (C=O) groups excluding carboxylic acids is 4. The van der Waals surface area contributed by atoms with E-state index in [9.17, 15) is 19.2 Å². The quantitative estimate of drug-likeness (QED) is 0.417. The number of hydrogen-bond donors (Lipinski definition) is 1. The minimum absolute atomic E-state index is 0.0421. The summed E-state index contributed by atoms with van der Waals surface area (Å²) < 4.78 is 9.28. The number of rotatable bonds is 11. The lowest BCUT2D eigenvalue weighted by molar-refractivity contribution is -0.146. The lowest BCUT2D eigenvalue weighted by Crippen LogP contribution is -2.49. The number of halogens is 1. The highest BCUT2D eigenvalue weighted by Gasteiger charge is 2.25. The fourth-order valence-electron chi connectivity index (χ4n) is 3.94. The van der Waals surface area contributed by atoms with Gasteiger partial charge in [-0.1, -0.05) is 23.7 Å². The van der Waals surface area contributed by atoms with E-state index in [1.54, 1.807) is 24.3 Å². The SMILES string of the molecule is COC(=O)CC(SCC(=O)Nc1ccc(C(=O)N2CCN(CCc3ccc(Cl)cc3)CC2)cc1)C(=O)OC. The number of esters is 2. The summed E-state index contributed by atoms with van der Waals surface area (Å²) in [7, 11) is 2.45. The molecule has 204 valence electrons. The molecule has 0 aromatic heterocycles. The third kappa shape index (κ3) is 9.04. The molecule has 1 aliphatic heterocycles. The van der Waals surface area contributed by atoms with E-state index in [1.807, 2.05) is 29.2 Å². The largest absolute Gasteiger partial charge is 0.469 e. The van der Waals surface area contributed by atoms with E-state index in [-0.39, 0.29) is 24.0 Å². The molecule has 11 heteroatoms. The van der Waals surface area contributed by atoms with Gasteiger partial charge in [-0.25, -0.2) is 0 Å². The van der Waals surface area contributed by atoms with Crippen LogP contribution in [-0.4, -0.2) is 91.5 Å². The number of carbonyl (C=O) groups is 4. The van der Waals surface area contributed by atoms with Crippen LogP contribution in [0.3, 0.4) is 0 Å². The maximum absolute atomic E-state index is 13.0. The lowest BCUT2D eigenvalue weighted by Gasteiger charge is -2.34. The molecule has 1 N–H and O–H groups in total. The molecular weight excluding hydrogens is 530 g/mol. The van der Waals surface area contributed by atoms with Crippen molar-refractivity contribution in [3.63, 3.8) is 0 Å².